The molecule has 0 fully saturated rings. The van der Waals surface area contributed by atoms with Crippen molar-refractivity contribution in [3.05, 3.63) is 33.8 Å². The van der Waals surface area contributed by atoms with Crippen LogP contribution >= 0.6 is 30.8 Å². The van der Waals surface area contributed by atoms with Gasteiger partial charge in [0.05, 0.1) is 5.02 Å². The Kier molecular flexibility index (Phi) is 3.93. The highest BCUT2D eigenvalue weighted by Gasteiger charge is 2.22. The first-order chi connectivity index (χ1) is 6.79. The maximum Gasteiger partial charge on any atom is 0.333 e. The summed E-state index contributed by atoms with van der Waals surface area (Å²) in [4.78, 5) is 28.6. The minimum absolute atomic E-state index is 0.0208. The third-order valence-corrected chi connectivity index (χ3v) is 2.84. The lowest BCUT2D eigenvalue weighted by Gasteiger charge is -2.05. The van der Waals surface area contributed by atoms with Crippen LogP contribution in [0.2, 0.25) is 10.0 Å². The minimum Gasteiger partial charge on any atom is -0.324 e. The average molecular weight is 269 g/mol. The van der Waals surface area contributed by atoms with Gasteiger partial charge in [0, 0.05) is 10.6 Å². The van der Waals surface area contributed by atoms with E-state index in [0.29, 0.717) is 0 Å². The Hall–Kier alpha value is -0.380. The van der Waals surface area contributed by atoms with Crippen LogP contribution in [0.3, 0.4) is 0 Å². The second-order valence-electron chi connectivity index (χ2n) is 2.87. The fourth-order valence-electron chi connectivity index (χ4n) is 0.983. The lowest BCUT2D eigenvalue weighted by molar-refractivity contribution is 0.101. The van der Waals surface area contributed by atoms with Gasteiger partial charge in [-0.1, -0.05) is 23.2 Å². The SMILES string of the molecule is O=C(CP(=O)(O)O)c1cc(Cl)ccc1Cl. The van der Waals surface area contributed by atoms with E-state index in [1.54, 1.807) is 0 Å². The van der Waals surface area contributed by atoms with Crippen molar-refractivity contribution in [2.75, 3.05) is 6.16 Å². The van der Waals surface area contributed by atoms with Crippen LogP contribution in [0.4, 0.5) is 0 Å². The molecule has 7 heteroatoms. The van der Waals surface area contributed by atoms with Gasteiger partial charge in [-0.15, -0.1) is 0 Å². The summed E-state index contributed by atoms with van der Waals surface area (Å²) in [5.74, 6) is -0.726. The van der Waals surface area contributed by atoms with Crippen LogP contribution in [0.25, 0.3) is 0 Å². The van der Waals surface area contributed by atoms with Crippen molar-refractivity contribution >= 4 is 36.6 Å². The molecule has 1 rings (SSSR count). The Morgan fingerprint density at radius 3 is 2.47 bits per heavy atom. The summed E-state index contributed by atoms with van der Waals surface area (Å²) < 4.78 is 10.6. The van der Waals surface area contributed by atoms with Gasteiger partial charge >= 0.3 is 7.60 Å². The third-order valence-electron chi connectivity index (χ3n) is 1.58. The van der Waals surface area contributed by atoms with Gasteiger partial charge in [-0.25, -0.2) is 0 Å². The summed E-state index contributed by atoms with van der Waals surface area (Å²) in [6.45, 7) is 0. The zero-order valence-electron chi connectivity index (χ0n) is 7.35. The number of hydrogen-bond donors (Lipinski definition) is 2. The summed E-state index contributed by atoms with van der Waals surface area (Å²) in [5, 5.41) is 0.409. The topological polar surface area (TPSA) is 74.6 Å². The Bertz CT molecular complexity index is 440. The molecule has 0 bridgehead atoms. The molecule has 0 saturated carbocycles. The number of carbonyl (C=O) groups excluding carboxylic acids is 1. The Morgan fingerprint density at radius 1 is 1.33 bits per heavy atom. The predicted molar refractivity (Wildman–Crippen MR) is 57.7 cm³/mol. The molecule has 0 radical (unpaired) electrons. The molecule has 1 aromatic carbocycles. The largest absolute Gasteiger partial charge is 0.333 e. The molecule has 0 unspecified atom stereocenters. The molecular weight excluding hydrogens is 262 g/mol. The molecule has 0 aliphatic rings. The molecule has 4 nitrogen and oxygen atoms in total. The second-order valence-corrected chi connectivity index (χ2v) is 5.36. The summed E-state index contributed by atoms with van der Waals surface area (Å²) in [5.41, 5.74) is 0.0208. The first-order valence-corrected chi connectivity index (χ1v) is 6.38. The van der Waals surface area contributed by atoms with Crippen LogP contribution < -0.4 is 0 Å². The van der Waals surface area contributed by atoms with E-state index in [4.69, 9.17) is 33.0 Å². The fraction of sp³-hybridized carbons (Fsp3) is 0.125. The Balaban J connectivity index is 3.01. The summed E-state index contributed by atoms with van der Waals surface area (Å²) in [7, 11) is -4.37. The second kappa shape index (κ2) is 4.64. The van der Waals surface area contributed by atoms with Crippen LogP contribution in [0, 0.1) is 0 Å². The molecule has 1 aromatic rings. The molecule has 0 aliphatic heterocycles. The van der Waals surface area contributed by atoms with E-state index in [2.05, 4.69) is 0 Å². The molecule has 0 spiro atoms. The highest BCUT2D eigenvalue weighted by atomic mass is 35.5. The van der Waals surface area contributed by atoms with Gasteiger partial charge in [-0.05, 0) is 18.2 Å². The van der Waals surface area contributed by atoms with Gasteiger partial charge in [0.1, 0.15) is 6.16 Å². The van der Waals surface area contributed by atoms with E-state index in [-0.39, 0.29) is 15.6 Å². The fourth-order valence-corrected chi connectivity index (χ4v) is 1.92. The quantitative estimate of drug-likeness (QED) is 0.652. The average Bonchev–Trinajstić information content (AvgIpc) is 2.06. The van der Waals surface area contributed by atoms with E-state index < -0.39 is 19.5 Å². The third kappa shape index (κ3) is 3.93. The normalized spacial score (nSPS) is 11.5. The van der Waals surface area contributed by atoms with E-state index in [1.807, 2.05) is 0 Å². The smallest absolute Gasteiger partial charge is 0.324 e. The molecule has 0 aliphatic carbocycles. The molecule has 2 N–H and O–H groups in total. The van der Waals surface area contributed by atoms with E-state index in [9.17, 15) is 9.36 Å². The summed E-state index contributed by atoms with van der Waals surface area (Å²) in [6.07, 6.45) is -0.868. The van der Waals surface area contributed by atoms with E-state index in [1.165, 1.54) is 18.2 Å². The van der Waals surface area contributed by atoms with Crippen molar-refractivity contribution in [2.24, 2.45) is 0 Å². The number of carbonyl (C=O) groups is 1. The maximum absolute atomic E-state index is 11.4. The highest BCUT2D eigenvalue weighted by Crippen LogP contribution is 2.36. The number of Topliss-reactive ketones (excluding diaryl/α,β-unsaturated/α-hetero) is 1. The molecule has 82 valence electrons. The van der Waals surface area contributed by atoms with Gasteiger partial charge < -0.3 is 9.79 Å². The van der Waals surface area contributed by atoms with E-state index in [0.717, 1.165) is 0 Å². The first-order valence-electron chi connectivity index (χ1n) is 3.82. The Morgan fingerprint density at radius 2 is 1.93 bits per heavy atom. The van der Waals surface area contributed by atoms with Crippen molar-refractivity contribution in [3.8, 4) is 0 Å². The van der Waals surface area contributed by atoms with Gasteiger partial charge in [-0.3, -0.25) is 9.36 Å². The molecule has 0 aromatic heterocycles. The van der Waals surface area contributed by atoms with Gasteiger partial charge in [-0.2, -0.15) is 0 Å². The maximum atomic E-state index is 11.4. The van der Waals surface area contributed by atoms with Crippen molar-refractivity contribution in [1.82, 2.24) is 0 Å². The number of rotatable bonds is 3. The van der Waals surface area contributed by atoms with Crippen LogP contribution in [0.1, 0.15) is 10.4 Å². The number of halogens is 2. The van der Waals surface area contributed by atoms with Gasteiger partial charge in [0.25, 0.3) is 0 Å². The molecular formula is C8H7Cl2O4P. The van der Waals surface area contributed by atoms with Crippen molar-refractivity contribution in [3.63, 3.8) is 0 Å². The number of benzene rings is 1. The minimum atomic E-state index is -4.37. The lowest BCUT2D eigenvalue weighted by Crippen LogP contribution is -2.06. The molecule has 15 heavy (non-hydrogen) atoms. The summed E-state index contributed by atoms with van der Waals surface area (Å²) in [6, 6.07) is 4.16. The van der Waals surface area contributed by atoms with Gasteiger partial charge in [0.2, 0.25) is 0 Å². The van der Waals surface area contributed by atoms with Crippen molar-refractivity contribution in [1.29, 1.82) is 0 Å². The highest BCUT2D eigenvalue weighted by molar-refractivity contribution is 7.52. The number of ketones is 1. The van der Waals surface area contributed by atoms with Crippen LogP contribution in [-0.2, 0) is 4.57 Å². The lowest BCUT2D eigenvalue weighted by atomic mass is 10.1. The number of hydrogen-bond acceptors (Lipinski definition) is 2. The zero-order chi connectivity index (χ0) is 11.6. The van der Waals surface area contributed by atoms with Crippen LogP contribution in [0.5, 0.6) is 0 Å². The Labute approximate surface area is 96.0 Å². The van der Waals surface area contributed by atoms with Crippen molar-refractivity contribution < 1.29 is 19.1 Å². The van der Waals surface area contributed by atoms with Crippen LogP contribution in [-0.4, -0.2) is 21.7 Å². The van der Waals surface area contributed by atoms with Crippen LogP contribution in [0.15, 0.2) is 18.2 Å². The zero-order valence-corrected chi connectivity index (χ0v) is 9.76. The molecule has 0 saturated heterocycles. The predicted octanol–water partition coefficient (Wildman–Crippen LogP) is 2.35. The van der Waals surface area contributed by atoms with Crippen molar-refractivity contribution in [2.45, 2.75) is 0 Å². The molecule has 0 heterocycles. The molecule has 0 amide bonds. The van der Waals surface area contributed by atoms with E-state index >= 15 is 0 Å². The first kappa shape index (κ1) is 12.7. The monoisotopic (exact) mass is 268 g/mol. The summed E-state index contributed by atoms with van der Waals surface area (Å²) >= 11 is 11.3. The standard InChI is InChI=1S/C8H7Cl2O4P/c9-5-1-2-7(10)6(3-5)8(11)4-15(12,13)14/h1-3H,4H2,(H2,12,13,14). The van der Waals surface area contributed by atoms with Gasteiger partial charge in [0.15, 0.2) is 5.78 Å². The molecule has 0 atom stereocenters.